The molecule has 0 fully saturated rings. The molecule has 0 spiro atoms. The third kappa shape index (κ3) is 4.55. The Kier molecular flexibility index (Phi) is 6.82. The maximum absolute atomic E-state index is 8.49. The van der Waals surface area contributed by atoms with Gasteiger partial charge in [-0.2, -0.15) is 0 Å². The Labute approximate surface area is 345 Å². The van der Waals surface area contributed by atoms with E-state index < -0.39 is 0 Å². The van der Waals surface area contributed by atoms with Gasteiger partial charge in [0.05, 0.1) is 39.7 Å². The molecule has 278 valence electrons. The van der Waals surface area contributed by atoms with Crippen molar-refractivity contribution in [3.8, 4) is 44.8 Å². The third-order valence-electron chi connectivity index (χ3n) is 12.8. The number of hydrogen-bond acceptors (Lipinski definition) is 1. The Hall–Kier alpha value is -8.13. The van der Waals surface area contributed by atoms with Crippen molar-refractivity contribution in [2.45, 2.75) is 6.42 Å². The predicted molar refractivity (Wildman–Crippen MR) is 248 cm³/mol. The lowest BCUT2D eigenvalue weighted by Gasteiger charge is -2.17. The first-order valence-corrected chi connectivity index (χ1v) is 20.4. The lowest BCUT2D eigenvalue weighted by atomic mass is 10.00. The molecule has 0 saturated carbocycles. The van der Waals surface area contributed by atoms with Crippen LogP contribution in [0.25, 0.3) is 115 Å². The van der Waals surface area contributed by atoms with Gasteiger partial charge >= 0.3 is 0 Å². The summed E-state index contributed by atoms with van der Waals surface area (Å²) in [6, 6.07) is 67.0. The van der Waals surface area contributed by atoms with E-state index in [0.717, 1.165) is 89.3 Å². The van der Waals surface area contributed by atoms with Crippen LogP contribution >= 0.6 is 0 Å². The summed E-state index contributed by atoms with van der Waals surface area (Å²) >= 11 is 0. The number of nitrogens with zero attached hydrogens (tertiary/aromatic N) is 3. The average Bonchev–Trinajstić information content (AvgIpc) is 4.06. The number of fused-ring (bicyclic) bond motifs is 14. The van der Waals surface area contributed by atoms with E-state index in [2.05, 4.69) is 184 Å². The van der Waals surface area contributed by atoms with Crippen LogP contribution in [0.1, 0.15) is 11.1 Å². The summed E-state index contributed by atoms with van der Waals surface area (Å²) in [6.07, 6.45) is 0.891. The number of benzene rings is 9. The van der Waals surface area contributed by atoms with Gasteiger partial charge in [0.2, 0.25) is 5.69 Å². The van der Waals surface area contributed by atoms with Gasteiger partial charge in [-0.15, -0.1) is 0 Å². The first-order chi connectivity index (χ1) is 29.7. The smallest absolute Gasteiger partial charge is 0.211 e. The van der Waals surface area contributed by atoms with Crippen LogP contribution in [0.4, 0.5) is 5.69 Å². The molecule has 0 saturated heterocycles. The van der Waals surface area contributed by atoms with Crippen molar-refractivity contribution in [2.24, 2.45) is 0 Å². The SMILES string of the molecule is [C-]#[N+]c1cccc(-c2cccc(-n3c4ccc(-c5ccccc5)cc4c4c5oc6ccccc6c5ccc43)c2)c1-n1c2ccccc2c2c3c(ccc21)-c1ccccc1C3. The minimum absolute atomic E-state index is 0.613. The molecule has 0 atom stereocenters. The lowest BCUT2D eigenvalue weighted by molar-refractivity contribution is 0.673. The number of para-hydroxylation sites is 3. The molecule has 4 nitrogen and oxygen atoms in total. The molecule has 0 unspecified atom stereocenters. The Morgan fingerprint density at radius 3 is 2.08 bits per heavy atom. The molecule has 1 aliphatic carbocycles. The summed E-state index contributed by atoms with van der Waals surface area (Å²) in [5.41, 5.74) is 18.4. The fourth-order valence-corrected chi connectivity index (χ4v) is 10.2. The van der Waals surface area contributed by atoms with Crippen molar-refractivity contribution in [1.29, 1.82) is 0 Å². The van der Waals surface area contributed by atoms with E-state index in [1.54, 1.807) is 0 Å². The highest BCUT2D eigenvalue weighted by molar-refractivity contribution is 6.24. The third-order valence-corrected chi connectivity index (χ3v) is 12.8. The maximum Gasteiger partial charge on any atom is 0.211 e. The van der Waals surface area contributed by atoms with E-state index in [9.17, 15) is 0 Å². The molecule has 13 rings (SSSR count). The second kappa shape index (κ2) is 12.4. The van der Waals surface area contributed by atoms with Crippen LogP contribution in [0, 0.1) is 6.57 Å². The van der Waals surface area contributed by atoms with E-state index in [1.165, 1.54) is 38.6 Å². The van der Waals surface area contributed by atoms with E-state index >= 15 is 0 Å². The lowest BCUT2D eigenvalue weighted by Crippen LogP contribution is -1.99. The number of aromatic nitrogens is 2. The molecule has 3 heterocycles. The molecule has 0 bridgehead atoms. The Bertz CT molecular complexity index is 3820. The molecule has 0 aliphatic heterocycles. The molecule has 1 aliphatic rings. The van der Waals surface area contributed by atoms with Crippen molar-refractivity contribution in [3.63, 3.8) is 0 Å². The molecule has 3 aromatic heterocycles. The largest absolute Gasteiger partial charge is 0.455 e. The Balaban J connectivity index is 1.06. The van der Waals surface area contributed by atoms with Gasteiger partial charge in [0.25, 0.3) is 0 Å². The Morgan fingerprint density at radius 1 is 0.450 bits per heavy atom. The summed E-state index contributed by atoms with van der Waals surface area (Å²) in [5.74, 6) is 0. The molecule has 4 heteroatoms. The van der Waals surface area contributed by atoms with Gasteiger partial charge in [-0.1, -0.05) is 133 Å². The number of furan rings is 1. The molecule has 0 radical (unpaired) electrons. The van der Waals surface area contributed by atoms with Gasteiger partial charge in [-0.25, -0.2) is 4.85 Å². The van der Waals surface area contributed by atoms with Crippen LogP contribution in [0.2, 0.25) is 0 Å². The van der Waals surface area contributed by atoms with Gasteiger partial charge in [0.15, 0.2) is 0 Å². The monoisotopic (exact) mass is 763 g/mol. The summed E-state index contributed by atoms with van der Waals surface area (Å²) in [5, 5.41) is 6.92. The van der Waals surface area contributed by atoms with Gasteiger partial charge < -0.3 is 13.6 Å². The van der Waals surface area contributed by atoms with Gasteiger partial charge in [0, 0.05) is 32.6 Å². The van der Waals surface area contributed by atoms with E-state index in [-0.39, 0.29) is 0 Å². The summed E-state index contributed by atoms with van der Waals surface area (Å²) < 4.78 is 11.4. The first kappa shape index (κ1) is 32.9. The highest BCUT2D eigenvalue weighted by Crippen LogP contribution is 2.48. The summed E-state index contributed by atoms with van der Waals surface area (Å²) in [4.78, 5) is 4.18. The second-order valence-electron chi connectivity index (χ2n) is 15.9. The van der Waals surface area contributed by atoms with Crippen LogP contribution in [-0.4, -0.2) is 9.13 Å². The molecule has 0 amide bonds. The Morgan fingerprint density at radius 2 is 1.17 bits per heavy atom. The zero-order valence-corrected chi connectivity index (χ0v) is 32.4. The fraction of sp³-hybridized carbons (Fsp3) is 0.0179. The summed E-state index contributed by atoms with van der Waals surface area (Å²) in [6.45, 7) is 8.49. The fourth-order valence-electron chi connectivity index (χ4n) is 10.2. The molecular formula is C56H33N3O. The van der Waals surface area contributed by atoms with Crippen LogP contribution in [0.5, 0.6) is 0 Å². The standard InChI is InChI=1S/C56H33N3O/c1-57-47-22-12-21-40(55(47)59-48-23-9-7-20-44(48)53-45-33-37-15-5-6-18-39(37)41(45)26-29-50(53)59)36-16-11-17-38(31-36)58-49-28-25-35(34-13-3-2-4-14-34)32-46(49)54-51(58)30-27-43-42-19-8-10-24-52(42)60-56(43)54/h2-32H,33H2. The van der Waals surface area contributed by atoms with E-state index in [1.807, 2.05) is 18.2 Å². The topological polar surface area (TPSA) is 27.4 Å². The van der Waals surface area contributed by atoms with Crippen LogP contribution in [0.15, 0.2) is 192 Å². The van der Waals surface area contributed by atoms with E-state index in [4.69, 9.17) is 11.0 Å². The van der Waals surface area contributed by atoms with Gasteiger partial charge in [-0.3, -0.25) is 0 Å². The maximum atomic E-state index is 8.49. The van der Waals surface area contributed by atoms with Crippen LogP contribution in [0.3, 0.4) is 0 Å². The average molecular weight is 764 g/mol. The molecule has 0 N–H and O–H groups in total. The highest BCUT2D eigenvalue weighted by atomic mass is 16.3. The minimum atomic E-state index is 0.613. The molecule has 12 aromatic rings. The van der Waals surface area contributed by atoms with Crippen LogP contribution in [-0.2, 0) is 6.42 Å². The molecular weight excluding hydrogens is 731 g/mol. The van der Waals surface area contributed by atoms with Crippen molar-refractivity contribution < 1.29 is 4.42 Å². The zero-order chi connectivity index (χ0) is 39.5. The summed E-state index contributed by atoms with van der Waals surface area (Å²) in [7, 11) is 0. The predicted octanol–water partition coefficient (Wildman–Crippen LogP) is 15.2. The normalized spacial score (nSPS) is 12.2. The van der Waals surface area contributed by atoms with Crippen molar-refractivity contribution >= 4 is 71.2 Å². The first-order valence-electron chi connectivity index (χ1n) is 20.4. The van der Waals surface area contributed by atoms with Crippen molar-refractivity contribution in [1.82, 2.24) is 9.13 Å². The van der Waals surface area contributed by atoms with Gasteiger partial charge in [-0.05, 0) is 106 Å². The highest BCUT2D eigenvalue weighted by Gasteiger charge is 2.26. The number of hydrogen-bond donors (Lipinski definition) is 0. The van der Waals surface area contributed by atoms with Crippen molar-refractivity contribution in [2.75, 3.05) is 0 Å². The van der Waals surface area contributed by atoms with Crippen molar-refractivity contribution in [3.05, 3.63) is 211 Å². The van der Waals surface area contributed by atoms with Gasteiger partial charge in [0.1, 0.15) is 11.2 Å². The number of rotatable bonds is 4. The van der Waals surface area contributed by atoms with Crippen LogP contribution < -0.4 is 0 Å². The second-order valence-corrected chi connectivity index (χ2v) is 15.9. The quantitative estimate of drug-likeness (QED) is 0.164. The minimum Gasteiger partial charge on any atom is -0.455 e. The van der Waals surface area contributed by atoms with E-state index in [0.29, 0.717) is 5.69 Å². The molecule has 60 heavy (non-hydrogen) atoms. The molecule has 9 aromatic carbocycles. The zero-order valence-electron chi connectivity index (χ0n) is 32.4.